The van der Waals surface area contributed by atoms with Gasteiger partial charge in [-0.05, 0) is 41.9 Å². The topological polar surface area (TPSA) is 40.1 Å². The molecule has 5 nitrogen and oxygen atoms in total. The summed E-state index contributed by atoms with van der Waals surface area (Å²) in [5.41, 5.74) is 0. The molecule has 1 aliphatic heterocycles. The Labute approximate surface area is 175 Å². The zero-order valence-corrected chi connectivity index (χ0v) is 19.5. The average Bonchev–Trinajstić information content (AvgIpc) is 2.93. The number of nitrogens with zero attached hydrogens (tertiary/aromatic N) is 3. The van der Waals surface area contributed by atoms with E-state index in [0.717, 1.165) is 38.8 Å². The van der Waals surface area contributed by atoms with E-state index in [0.29, 0.717) is 12.1 Å². The van der Waals surface area contributed by atoms with E-state index >= 15 is 0 Å². The van der Waals surface area contributed by atoms with Crippen molar-refractivity contribution in [2.24, 2.45) is 4.99 Å². The third-order valence-electron chi connectivity index (χ3n) is 4.14. The Kier molecular flexibility index (Phi) is 10.1. The lowest BCUT2D eigenvalue weighted by molar-refractivity contribution is -0.0175. The molecule has 1 saturated heterocycles. The minimum atomic E-state index is 0. The molecule has 1 aromatic heterocycles. The van der Waals surface area contributed by atoms with Gasteiger partial charge in [-0.15, -0.1) is 35.3 Å². The first-order chi connectivity index (χ1) is 11.0. The van der Waals surface area contributed by atoms with E-state index < -0.39 is 0 Å². The first kappa shape index (κ1) is 22.1. The molecule has 2 rings (SSSR count). The van der Waals surface area contributed by atoms with Crippen LogP contribution in [0.15, 0.2) is 20.9 Å². The molecule has 0 amide bonds. The first-order valence-corrected chi connectivity index (χ1v) is 9.61. The molecule has 2 heterocycles. The quantitative estimate of drug-likeness (QED) is 0.360. The van der Waals surface area contributed by atoms with Crippen molar-refractivity contribution in [3.8, 4) is 0 Å². The maximum absolute atomic E-state index is 5.52. The molecule has 24 heavy (non-hydrogen) atoms. The number of halogens is 2. The van der Waals surface area contributed by atoms with Gasteiger partial charge in [-0.1, -0.05) is 0 Å². The summed E-state index contributed by atoms with van der Waals surface area (Å²) < 4.78 is 6.68. The number of nitrogens with one attached hydrogen (secondary N) is 1. The highest BCUT2D eigenvalue weighted by molar-refractivity contribution is 14.0. The molecule has 2 atom stereocenters. The van der Waals surface area contributed by atoms with Crippen LogP contribution < -0.4 is 5.32 Å². The highest BCUT2D eigenvalue weighted by atomic mass is 127. The molecule has 0 aliphatic carbocycles. The summed E-state index contributed by atoms with van der Waals surface area (Å²) in [6, 6.07) is 5.17. The van der Waals surface area contributed by atoms with Gasteiger partial charge in [0.05, 0.1) is 23.5 Å². The number of hydrogen-bond acceptors (Lipinski definition) is 4. The monoisotopic (exact) mass is 530 g/mol. The summed E-state index contributed by atoms with van der Waals surface area (Å²) in [5, 5.41) is 3.50. The van der Waals surface area contributed by atoms with Crippen LogP contribution in [-0.4, -0.2) is 68.2 Å². The van der Waals surface area contributed by atoms with Crippen molar-refractivity contribution in [2.75, 3.05) is 40.4 Å². The maximum atomic E-state index is 5.52. The second kappa shape index (κ2) is 10.9. The molecular weight excluding hydrogens is 503 g/mol. The first-order valence-electron chi connectivity index (χ1n) is 8.00. The van der Waals surface area contributed by atoms with Gasteiger partial charge in [0.25, 0.3) is 0 Å². The van der Waals surface area contributed by atoms with Crippen LogP contribution in [0.4, 0.5) is 0 Å². The SMILES string of the molecule is CN=C(NCC(C)N1CCOCC1C)N(C)Cc1ccc(Br)s1.I. The van der Waals surface area contributed by atoms with Crippen molar-refractivity contribution in [1.82, 2.24) is 15.1 Å². The molecule has 0 saturated carbocycles. The van der Waals surface area contributed by atoms with Gasteiger partial charge in [0, 0.05) is 44.1 Å². The van der Waals surface area contributed by atoms with E-state index in [1.54, 1.807) is 11.3 Å². The van der Waals surface area contributed by atoms with Crippen molar-refractivity contribution in [2.45, 2.75) is 32.5 Å². The number of ether oxygens (including phenoxy) is 1. The third-order valence-corrected chi connectivity index (χ3v) is 5.74. The fourth-order valence-electron chi connectivity index (χ4n) is 2.88. The summed E-state index contributed by atoms with van der Waals surface area (Å²) in [6.07, 6.45) is 0. The van der Waals surface area contributed by atoms with E-state index in [2.05, 4.69) is 69.1 Å². The van der Waals surface area contributed by atoms with Crippen LogP contribution in [-0.2, 0) is 11.3 Å². The number of rotatable bonds is 5. The molecule has 1 aromatic rings. The lowest BCUT2D eigenvalue weighted by Crippen LogP contribution is -2.53. The molecule has 0 bridgehead atoms. The van der Waals surface area contributed by atoms with Gasteiger partial charge in [0.15, 0.2) is 5.96 Å². The van der Waals surface area contributed by atoms with Crippen molar-refractivity contribution in [1.29, 1.82) is 0 Å². The van der Waals surface area contributed by atoms with Gasteiger partial charge < -0.3 is 15.0 Å². The highest BCUT2D eigenvalue weighted by Gasteiger charge is 2.23. The molecule has 0 radical (unpaired) electrons. The minimum Gasteiger partial charge on any atom is -0.379 e. The van der Waals surface area contributed by atoms with Gasteiger partial charge in [0.1, 0.15) is 0 Å². The maximum Gasteiger partial charge on any atom is 0.193 e. The summed E-state index contributed by atoms with van der Waals surface area (Å²) in [7, 11) is 3.91. The molecule has 138 valence electrons. The van der Waals surface area contributed by atoms with Crippen LogP contribution in [0.25, 0.3) is 0 Å². The van der Waals surface area contributed by atoms with Gasteiger partial charge in [0.2, 0.25) is 0 Å². The predicted molar refractivity (Wildman–Crippen MR) is 117 cm³/mol. The van der Waals surface area contributed by atoms with Gasteiger partial charge >= 0.3 is 0 Å². The third kappa shape index (κ3) is 6.44. The molecule has 0 aromatic carbocycles. The molecule has 1 fully saturated rings. The number of guanidine groups is 1. The van der Waals surface area contributed by atoms with Crippen LogP contribution in [0.1, 0.15) is 18.7 Å². The molecule has 2 unspecified atom stereocenters. The zero-order valence-electron chi connectivity index (χ0n) is 14.8. The van der Waals surface area contributed by atoms with Crippen LogP contribution in [0, 0.1) is 0 Å². The second-order valence-electron chi connectivity index (χ2n) is 6.00. The molecule has 0 spiro atoms. The Hall–Kier alpha value is 0.1000. The Morgan fingerprint density at radius 1 is 1.58 bits per heavy atom. The average molecular weight is 531 g/mol. The number of aliphatic imine (C=N–C) groups is 1. The highest BCUT2D eigenvalue weighted by Crippen LogP contribution is 2.23. The lowest BCUT2D eigenvalue weighted by Gasteiger charge is -2.38. The molecule has 8 heteroatoms. The van der Waals surface area contributed by atoms with Crippen molar-refractivity contribution >= 4 is 57.2 Å². The summed E-state index contributed by atoms with van der Waals surface area (Å²) in [6.45, 7) is 8.89. The largest absolute Gasteiger partial charge is 0.379 e. The van der Waals surface area contributed by atoms with Crippen LogP contribution >= 0.6 is 51.2 Å². The van der Waals surface area contributed by atoms with Crippen LogP contribution in [0.3, 0.4) is 0 Å². The van der Waals surface area contributed by atoms with Gasteiger partial charge in [-0.3, -0.25) is 9.89 Å². The van der Waals surface area contributed by atoms with Crippen molar-refractivity contribution < 1.29 is 4.74 Å². The van der Waals surface area contributed by atoms with E-state index in [9.17, 15) is 0 Å². The smallest absolute Gasteiger partial charge is 0.193 e. The number of hydrogen-bond donors (Lipinski definition) is 1. The predicted octanol–water partition coefficient (Wildman–Crippen LogP) is 3.25. The van der Waals surface area contributed by atoms with E-state index in [-0.39, 0.29) is 24.0 Å². The fourth-order valence-corrected chi connectivity index (χ4v) is 4.42. The summed E-state index contributed by atoms with van der Waals surface area (Å²) >= 11 is 5.28. The Morgan fingerprint density at radius 2 is 2.33 bits per heavy atom. The van der Waals surface area contributed by atoms with E-state index in [4.69, 9.17) is 4.74 Å². The van der Waals surface area contributed by atoms with Gasteiger partial charge in [-0.2, -0.15) is 0 Å². The standard InChI is InChI=1S/C16H27BrN4OS.HI/c1-12(21-7-8-22-11-13(21)2)9-19-16(18-3)20(4)10-14-5-6-15(17)23-14;/h5-6,12-13H,7-11H2,1-4H3,(H,18,19);1H. The summed E-state index contributed by atoms with van der Waals surface area (Å²) in [4.78, 5) is 10.4. The van der Waals surface area contributed by atoms with Gasteiger partial charge in [-0.25, -0.2) is 0 Å². The van der Waals surface area contributed by atoms with Crippen LogP contribution in [0.5, 0.6) is 0 Å². The lowest BCUT2D eigenvalue weighted by atomic mass is 10.2. The van der Waals surface area contributed by atoms with E-state index in [1.807, 2.05) is 7.05 Å². The number of morpholine rings is 1. The molecular formula is C16H28BrIN4OS. The minimum absolute atomic E-state index is 0. The van der Waals surface area contributed by atoms with Crippen molar-refractivity contribution in [3.63, 3.8) is 0 Å². The summed E-state index contributed by atoms with van der Waals surface area (Å²) in [5.74, 6) is 0.933. The second-order valence-corrected chi connectivity index (χ2v) is 8.55. The number of thiophene rings is 1. The normalized spacial score (nSPS) is 20.4. The Morgan fingerprint density at radius 3 is 2.92 bits per heavy atom. The van der Waals surface area contributed by atoms with E-state index in [1.165, 1.54) is 8.66 Å². The fraction of sp³-hybridized carbons (Fsp3) is 0.688. The molecule has 1 N–H and O–H groups in total. The van der Waals surface area contributed by atoms with Crippen LogP contribution in [0.2, 0.25) is 0 Å². The van der Waals surface area contributed by atoms with Crippen molar-refractivity contribution in [3.05, 3.63) is 20.8 Å². The zero-order chi connectivity index (χ0) is 16.8. The molecule has 1 aliphatic rings. The Balaban J connectivity index is 0.00000288. The Bertz CT molecular complexity index is 528.